The van der Waals surface area contributed by atoms with E-state index in [0.717, 1.165) is 18.0 Å². The van der Waals surface area contributed by atoms with Crippen LogP contribution in [-0.2, 0) is 0 Å². The first kappa shape index (κ1) is 11.0. The van der Waals surface area contributed by atoms with Crippen molar-refractivity contribution in [1.29, 1.82) is 0 Å². The molecule has 0 rings (SSSR count). The van der Waals surface area contributed by atoms with Crippen molar-refractivity contribution in [3.05, 3.63) is 11.1 Å². The van der Waals surface area contributed by atoms with Crippen molar-refractivity contribution < 1.29 is 0 Å². The van der Waals surface area contributed by atoms with Gasteiger partial charge in [0.2, 0.25) is 0 Å². The molecule has 0 aromatic rings. The molecule has 1 nitrogen and oxygen atoms in total. The lowest BCUT2D eigenvalue weighted by Crippen LogP contribution is -2.39. The molecule has 0 aromatic carbocycles. The molecule has 1 N–H and O–H groups in total. The van der Waals surface area contributed by atoms with E-state index in [4.69, 9.17) is 11.6 Å². The fourth-order valence-electron chi connectivity index (χ4n) is 0.961. The summed E-state index contributed by atoms with van der Waals surface area (Å²) < 4.78 is 0. The average molecular weight is 176 g/mol. The van der Waals surface area contributed by atoms with Crippen LogP contribution in [0.4, 0.5) is 0 Å². The topological polar surface area (TPSA) is 12.0 Å². The van der Waals surface area contributed by atoms with Crippen LogP contribution < -0.4 is 5.32 Å². The third-order valence-corrected chi connectivity index (χ3v) is 2.23. The lowest BCUT2D eigenvalue weighted by Gasteiger charge is -2.25. The van der Waals surface area contributed by atoms with Crippen molar-refractivity contribution >= 4 is 11.6 Å². The van der Waals surface area contributed by atoms with Crippen LogP contribution in [0.1, 0.15) is 34.1 Å². The Labute approximate surface area is 74.8 Å². The molecule has 11 heavy (non-hydrogen) atoms. The summed E-state index contributed by atoms with van der Waals surface area (Å²) in [5.74, 6) is 0. The summed E-state index contributed by atoms with van der Waals surface area (Å²) >= 11 is 6.05. The Bertz CT molecular complexity index is 138. The van der Waals surface area contributed by atoms with Gasteiger partial charge in [0, 0.05) is 10.6 Å². The van der Waals surface area contributed by atoms with E-state index in [-0.39, 0.29) is 5.54 Å². The van der Waals surface area contributed by atoms with Crippen LogP contribution in [0.25, 0.3) is 0 Å². The minimum absolute atomic E-state index is 0.0632. The van der Waals surface area contributed by atoms with Gasteiger partial charge in [-0.25, -0.2) is 0 Å². The molecule has 0 atom stereocenters. The van der Waals surface area contributed by atoms with E-state index in [0.29, 0.717) is 0 Å². The maximum absolute atomic E-state index is 6.05. The molecule has 0 spiro atoms. The van der Waals surface area contributed by atoms with E-state index in [1.165, 1.54) is 0 Å². The second-order valence-electron chi connectivity index (χ2n) is 3.12. The zero-order chi connectivity index (χ0) is 8.91. The molecule has 0 aliphatic rings. The van der Waals surface area contributed by atoms with Crippen LogP contribution >= 0.6 is 11.6 Å². The fraction of sp³-hybridized carbons (Fsp3) is 0.778. The first-order chi connectivity index (χ1) is 5.04. The number of halogens is 1. The van der Waals surface area contributed by atoms with Crippen molar-refractivity contribution in [2.75, 3.05) is 6.54 Å². The van der Waals surface area contributed by atoms with Gasteiger partial charge in [0.25, 0.3) is 0 Å². The highest BCUT2D eigenvalue weighted by Crippen LogP contribution is 2.19. The Morgan fingerprint density at radius 2 is 2.00 bits per heavy atom. The normalized spacial score (nSPS) is 13.7. The molecule has 0 aliphatic carbocycles. The quantitative estimate of drug-likeness (QED) is 0.693. The molecule has 0 aromatic heterocycles. The number of allylic oxidation sites excluding steroid dienone is 1. The first-order valence-corrected chi connectivity index (χ1v) is 4.53. The minimum atomic E-state index is -0.0632. The molecule has 66 valence electrons. The molecule has 0 amide bonds. The molecule has 0 fully saturated rings. The van der Waals surface area contributed by atoms with E-state index in [9.17, 15) is 0 Å². The Morgan fingerprint density at radius 1 is 1.45 bits per heavy atom. The molecule has 0 aliphatic heterocycles. The van der Waals surface area contributed by atoms with E-state index in [1.54, 1.807) is 0 Å². The van der Waals surface area contributed by atoms with Gasteiger partial charge in [-0.2, -0.15) is 0 Å². The predicted molar refractivity (Wildman–Crippen MR) is 52.0 cm³/mol. The molecule has 0 saturated carbocycles. The van der Waals surface area contributed by atoms with Gasteiger partial charge in [-0.05, 0) is 26.8 Å². The van der Waals surface area contributed by atoms with Crippen LogP contribution in [0.15, 0.2) is 11.1 Å². The highest BCUT2D eigenvalue weighted by atomic mass is 35.5. The zero-order valence-electron chi connectivity index (χ0n) is 7.87. The Kier molecular flexibility index (Phi) is 4.78. The molecular weight excluding hydrogens is 158 g/mol. The predicted octanol–water partition coefficient (Wildman–Crippen LogP) is 2.91. The molecule has 0 unspecified atom stereocenters. The molecule has 0 radical (unpaired) electrons. The Balaban J connectivity index is 4.16. The number of rotatable bonds is 4. The zero-order valence-corrected chi connectivity index (χ0v) is 8.63. The number of hydrogen-bond donors (Lipinski definition) is 1. The SMILES string of the molecule is CC/C=C(/Cl)C(C)(C)NCC. The lowest BCUT2D eigenvalue weighted by atomic mass is 10.0. The van der Waals surface area contributed by atoms with E-state index in [2.05, 4.69) is 33.0 Å². The monoisotopic (exact) mass is 175 g/mol. The molecule has 2 heteroatoms. The summed E-state index contributed by atoms with van der Waals surface area (Å²) in [6, 6.07) is 0. The van der Waals surface area contributed by atoms with Crippen LogP contribution in [0.2, 0.25) is 0 Å². The van der Waals surface area contributed by atoms with Crippen molar-refractivity contribution in [3.8, 4) is 0 Å². The largest absolute Gasteiger partial charge is 0.307 e. The van der Waals surface area contributed by atoms with Crippen LogP contribution in [0.3, 0.4) is 0 Å². The first-order valence-electron chi connectivity index (χ1n) is 4.15. The summed E-state index contributed by atoms with van der Waals surface area (Å²) in [5, 5.41) is 4.21. The molecule has 0 bridgehead atoms. The van der Waals surface area contributed by atoms with Crippen molar-refractivity contribution in [2.45, 2.75) is 39.7 Å². The fourth-order valence-corrected chi connectivity index (χ4v) is 1.18. The van der Waals surface area contributed by atoms with Gasteiger partial charge in [-0.3, -0.25) is 0 Å². The van der Waals surface area contributed by atoms with Gasteiger partial charge in [0.05, 0.1) is 0 Å². The Hall–Kier alpha value is -0.0100. The number of nitrogens with one attached hydrogen (secondary N) is 1. The van der Waals surface area contributed by atoms with Crippen LogP contribution in [0, 0.1) is 0 Å². The minimum Gasteiger partial charge on any atom is -0.307 e. The van der Waals surface area contributed by atoms with Gasteiger partial charge in [-0.1, -0.05) is 31.5 Å². The third kappa shape index (κ3) is 3.78. The third-order valence-electron chi connectivity index (χ3n) is 1.60. The number of hydrogen-bond acceptors (Lipinski definition) is 1. The summed E-state index contributed by atoms with van der Waals surface area (Å²) in [6.45, 7) is 9.29. The van der Waals surface area contributed by atoms with Gasteiger partial charge < -0.3 is 5.32 Å². The summed E-state index contributed by atoms with van der Waals surface area (Å²) in [4.78, 5) is 0. The van der Waals surface area contributed by atoms with Gasteiger partial charge in [-0.15, -0.1) is 0 Å². The van der Waals surface area contributed by atoms with Crippen molar-refractivity contribution in [1.82, 2.24) is 5.32 Å². The average Bonchev–Trinajstić information content (AvgIpc) is 1.88. The van der Waals surface area contributed by atoms with Gasteiger partial charge in [0.15, 0.2) is 0 Å². The van der Waals surface area contributed by atoms with Crippen LogP contribution in [0.5, 0.6) is 0 Å². The number of likely N-dealkylation sites (N-methyl/N-ethyl adjacent to an activating group) is 1. The van der Waals surface area contributed by atoms with Crippen molar-refractivity contribution in [3.63, 3.8) is 0 Å². The Morgan fingerprint density at radius 3 is 2.36 bits per heavy atom. The molecule has 0 heterocycles. The molecular formula is C9H18ClN. The highest BCUT2D eigenvalue weighted by molar-refractivity contribution is 6.30. The smallest absolute Gasteiger partial charge is 0.0482 e. The van der Waals surface area contributed by atoms with Crippen molar-refractivity contribution in [2.24, 2.45) is 0 Å². The van der Waals surface area contributed by atoms with Crippen LogP contribution in [-0.4, -0.2) is 12.1 Å². The van der Waals surface area contributed by atoms with Gasteiger partial charge in [0.1, 0.15) is 0 Å². The van der Waals surface area contributed by atoms with E-state index < -0.39 is 0 Å². The van der Waals surface area contributed by atoms with Gasteiger partial charge >= 0.3 is 0 Å². The standard InChI is InChI=1S/C9H18ClN/c1-5-7-8(10)9(3,4)11-6-2/h7,11H,5-6H2,1-4H3/b8-7+. The second-order valence-corrected chi connectivity index (χ2v) is 3.52. The summed E-state index contributed by atoms with van der Waals surface area (Å²) in [7, 11) is 0. The second kappa shape index (κ2) is 4.78. The lowest BCUT2D eigenvalue weighted by molar-refractivity contribution is 0.481. The summed E-state index contributed by atoms with van der Waals surface area (Å²) in [5.41, 5.74) is -0.0632. The maximum atomic E-state index is 6.05. The summed E-state index contributed by atoms with van der Waals surface area (Å²) in [6.07, 6.45) is 3.04. The van der Waals surface area contributed by atoms with E-state index in [1.807, 2.05) is 6.08 Å². The highest BCUT2D eigenvalue weighted by Gasteiger charge is 2.19. The van der Waals surface area contributed by atoms with E-state index >= 15 is 0 Å². The maximum Gasteiger partial charge on any atom is 0.0482 e. The molecule has 0 saturated heterocycles.